The molecule has 2 rings (SSSR count). The Morgan fingerprint density at radius 2 is 1.78 bits per heavy atom. The summed E-state index contributed by atoms with van der Waals surface area (Å²) in [7, 11) is 0. The molecule has 0 bridgehead atoms. The number of ether oxygens (including phenoxy) is 1. The Bertz CT molecular complexity index is 1070. The monoisotopic (exact) mass is 568 g/mol. The lowest BCUT2D eigenvalue weighted by Gasteiger charge is -2.36. The minimum absolute atomic E-state index is 0.0133. The first-order chi connectivity index (χ1) is 19.5. The van der Waals surface area contributed by atoms with Crippen molar-refractivity contribution in [3.05, 3.63) is 35.4 Å². The molecule has 1 saturated carbocycles. The summed E-state index contributed by atoms with van der Waals surface area (Å²) in [5, 5.41) is 5.81. The summed E-state index contributed by atoms with van der Waals surface area (Å²) in [6, 6.07) is 4.97. The van der Waals surface area contributed by atoms with Crippen LogP contribution in [0.5, 0.6) is 0 Å². The molecule has 1 fully saturated rings. The number of primary amides is 1. The first-order valence-corrected chi connectivity index (χ1v) is 14.9. The number of carbonyl (C=O) groups is 4. The lowest BCUT2D eigenvalue weighted by atomic mass is 9.93. The van der Waals surface area contributed by atoms with Crippen molar-refractivity contribution in [2.45, 2.75) is 122 Å². The summed E-state index contributed by atoms with van der Waals surface area (Å²) in [4.78, 5) is 54.3. The summed E-state index contributed by atoms with van der Waals surface area (Å²) in [5.74, 6) is 1.25. The standard InChI is InChI=1S/C32H48N4O5/c1-6-8-9-15-22-36(30(39)26(20-21-27(33)37)35-31(40)41-32(3,4)5)28(25-19-14-13-16-23(25)7-2)29(38)34-24-17-11-10-12-18-24/h2,13-14,16,19,24,26,28H,6,8-12,15,17-18,20-22H2,1,3-5H3,(H2,33,37)(H,34,38)(H,35,40). The van der Waals surface area contributed by atoms with Gasteiger partial charge in [-0.2, -0.15) is 0 Å². The van der Waals surface area contributed by atoms with Gasteiger partial charge in [0.15, 0.2) is 0 Å². The van der Waals surface area contributed by atoms with E-state index in [1.807, 2.05) is 0 Å². The Hall–Kier alpha value is -3.54. The largest absolute Gasteiger partial charge is 0.444 e. The molecule has 4 N–H and O–H groups in total. The fourth-order valence-corrected chi connectivity index (χ4v) is 5.11. The predicted molar refractivity (Wildman–Crippen MR) is 160 cm³/mol. The van der Waals surface area contributed by atoms with Gasteiger partial charge in [0.25, 0.3) is 0 Å². The van der Waals surface area contributed by atoms with E-state index in [-0.39, 0.29) is 31.3 Å². The Morgan fingerprint density at radius 3 is 2.39 bits per heavy atom. The van der Waals surface area contributed by atoms with E-state index in [2.05, 4.69) is 23.5 Å². The average molecular weight is 569 g/mol. The van der Waals surface area contributed by atoms with Gasteiger partial charge in [-0.25, -0.2) is 4.79 Å². The minimum Gasteiger partial charge on any atom is -0.444 e. The van der Waals surface area contributed by atoms with Crippen molar-refractivity contribution in [2.24, 2.45) is 5.73 Å². The molecule has 0 heterocycles. The van der Waals surface area contributed by atoms with Crippen LogP contribution >= 0.6 is 0 Å². The van der Waals surface area contributed by atoms with Crippen LogP contribution in [0.1, 0.15) is 115 Å². The smallest absolute Gasteiger partial charge is 0.408 e. The number of nitrogens with zero attached hydrogens (tertiary/aromatic N) is 1. The molecule has 226 valence electrons. The van der Waals surface area contributed by atoms with E-state index in [0.29, 0.717) is 17.5 Å². The molecule has 0 saturated heterocycles. The van der Waals surface area contributed by atoms with Crippen molar-refractivity contribution in [1.82, 2.24) is 15.5 Å². The van der Waals surface area contributed by atoms with Crippen molar-refractivity contribution in [3.8, 4) is 12.3 Å². The second kappa shape index (κ2) is 16.7. The van der Waals surface area contributed by atoms with E-state index in [4.69, 9.17) is 16.9 Å². The zero-order valence-corrected chi connectivity index (χ0v) is 25.2. The van der Waals surface area contributed by atoms with Crippen LogP contribution in [0.4, 0.5) is 4.79 Å². The van der Waals surface area contributed by atoms with Crippen molar-refractivity contribution in [1.29, 1.82) is 0 Å². The summed E-state index contributed by atoms with van der Waals surface area (Å²) in [6.07, 6.45) is 13.3. The Balaban J connectivity index is 2.53. The molecule has 9 heteroatoms. The van der Waals surface area contributed by atoms with Gasteiger partial charge in [0.1, 0.15) is 17.7 Å². The molecule has 1 aliphatic rings. The van der Waals surface area contributed by atoms with Crippen LogP contribution in [0.25, 0.3) is 0 Å². The van der Waals surface area contributed by atoms with Gasteiger partial charge in [0.05, 0.1) is 0 Å². The van der Waals surface area contributed by atoms with Gasteiger partial charge in [-0.3, -0.25) is 14.4 Å². The Morgan fingerprint density at radius 1 is 1.10 bits per heavy atom. The number of hydrogen-bond acceptors (Lipinski definition) is 5. The van der Waals surface area contributed by atoms with Crippen LogP contribution in [0.3, 0.4) is 0 Å². The lowest BCUT2D eigenvalue weighted by Crippen LogP contribution is -2.54. The van der Waals surface area contributed by atoms with Gasteiger partial charge >= 0.3 is 6.09 Å². The van der Waals surface area contributed by atoms with Crippen molar-refractivity contribution >= 4 is 23.8 Å². The second-order valence-corrected chi connectivity index (χ2v) is 11.8. The molecule has 0 spiro atoms. The van der Waals surface area contributed by atoms with Crippen LogP contribution in [-0.2, 0) is 19.1 Å². The number of alkyl carbamates (subject to hydrolysis) is 1. The van der Waals surface area contributed by atoms with Gasteiger partial charge in [-0.05, 0) is 58.1 Å². The number of nitrogens with two attached hydrogens (primary N) is 1. The highest BCUT2D eigenvalue weighted by atomic mass is 16.6. The summed E-state index contributed by atoms with van der Waals surface area (Å²) in [6.45, 7) is 7.51. The van der Waals surface area contributed by atoms with E-state index < -0.39 is 35.6 Å². The molecular formula is C32H48N4O5. The number of hydrogen-bond donors (Lipinski definition) is 3. The topological polar surface area (TPSA) is 131 Å². The SMILES string of the molecule is C#Cc1ccccc1C(C(=O)NC1CCCCC1)N(CCCCCC)C(=O)C(CCC(N)=O)NC(=O)OC(C)(C)C. The van der Waals surface area contributed by atoms with Crippen molar-refractivity contribution in [2.75, 3.05) is 6.54 Å². The predicted octanol–water partition coefficient (Wildman–Crippen LogP) is 4.73. The third-order valence-electron chi connectivity index (χ3n) is 7.13. The molecule has 1 aromatic rings. The molecule has 0 aliphatic heterocycles. The maximum absolute atomic E-state index is 14.3. The molecule has 2 atom stereocenters. The summed E-state index contributed by atoms with van der Waals surface area (Å²) < 4.78 is 5.40. The van der Waals surface area contributed by atoms with Crippen LogP contribution in [0.15, 0.2) is 24.3 Å². The minimum atomic E-state index is -1.13. The average Bonchev–Trinajstić information content (AvgIpc) is 2.91. The fourth-order valence-electron chi connectivity index (χ4n) is 5.11. The second-order valence-electron chi connectivity index (χ2n) is 11.8. The number of terminal acetylenes is 1. The van der Waals surface area contributed by atoms with E-state index in [1.54, 1.807) is 45.0 Å². The van der Waals surface area contributed by atoms with E-state index >= 15 is 0 Å². The number of unbranched alkanes of at least 4 members (excludes halogenated alkanes) is 3. The molecule has 1 aliphatic carbocycles. The number of nitrogens with one attached hydrogen (secondary N) is 2. The van der Waals surface area contributed by atoms with Crippen LogP contribution < -0.4 is 16.4 Å². The first-order valence-electron chi connectivity index (χ1n) is 14.9. The third-order valence-corrected chi connectivity index (χ3v) is 7.13. The van der Waals surface area contributed by atoms with Crippen LogP contribution in [-0.4, -0.2) is 52.9 Å². The number of rotatable bonds is 14. The van der Waals surface area contributed by atoms with Crippen molar-refractivity contribution < 1.29 is 23.9 Å². The maximum Gasteiger partial charge on any atom is 0.408 e. The quantitative estimate of drug-likeness (QED) is 0.221. The van der Waals surface area contributed by atoms with Gasteiger partial charge in [0, 0.05) is 24.6 Å². The molecule has 1 aromatic carbocycles. The van der Waals surface area contributed by atoms with Crippen LogP contribution in [0, 0.1) is 12.3 Å². The molecule has 41 heavy (non-hydrogen) atoms. The zero-order chi connectivity index (χ0) is 30.4. The molecule has 4 amide bonds. The molecule has 9 nitrogen and oxygen atoms in total. The molecule has 2 unspecified atom stereocenters. The van der Waals surface area contributed by atoms with Crippen molar-refractivity contribution in [3.63, 3.8) is 0 Å². The highest BCUT2D eigenvalue weighted by Crippen LogP contribution is 2.28. The van der Waals surface area contributed by atoms with E-state index in [0.717, 1.165) is 51.4 Å². The van der Waals surface area contributed by atoms with Crippen LogP contribution in [0.2, 0.25) is 0 Å². The van der Waals surface area contributed by atoms with Gasteiger partial charge in [-0.1, -0.05) is 69.6 Å². The van der Waals surface area contributed by atoms with E-state index in [1.165, 1.54) is 4.90 Å². The highest BCUT2D eigenvalue weighted by Gasteiger charge is 2.37. The summed E-state index contributed by atoms with van der Waals surface area (Å²) >= 11 is 0. The zero-order valence-electron chi connectivity index (χ0n) is 25.2. The van der Waals surface area contributed by atoms with Gasteiger partial charge < -0.3 is 26.0 Å². The van der Waals surface area contributed by atoms with Gasteiger partial charge in [0.2, 0.25) is 17.7 Å². The Labute approximate surface area is 245 Å². The van der Waals surface area contributed by atoms with E-state index in [9.17, 15) is 19.2 Å². The first kappa shape index (κ1) is 33.7. The third kappa shape index (κ3) is 11.5. The number of benzene rings is 1. The fraction of sp³-hybridized carbons (Fsp3) is 0.625. The Kier molecular flexibility index (Phi) is 13.7. The normalized spacial score (nSPS) is 15.2. The molecular weight excluding hydrogens is 520 g/mol. The maximum atomic E-state index is 14.3. The number of carbonyl (C=O) groups excluding carboxylic acids is 4. The highest BCUT2D eigenvalue weighted by molar-refractivity contribution is 5.93. The molecule has 0 aromatic heterocycles. The molecule has 0 radical (unpaired) electrons. The van der Waals surface area contributed by atoms with Gasteiger partial charge in [-0.15, -0.1) is 6.42 Å². The lowest BCUT2D eigenvalue weighted by molar-refractivity contribution is -0.143. The number of amides is 4. The summed E-state index contributed by atoms with van der Waals surface area (Å²) in [5.41, 5.74) is 5.66.